The first kappa shape index (κ1) is 9.44. The topological polar surface area (TPSA) is 9.23 Å². The molecule has 1 aliphatic heterocycles. The summed E-state index contributed by atoms with van der Waals surface area (Å²) in [6.45, 7) is 3.15. The molecule has 3 heteroatoms. The van der Waals surface area contributed by atoms with E-state index in [1.165, 1.54) is 0 Å². The minimum absolute atomic E-state index is 0.0972. The van der Waals surface area contributed by atoms with Crippen molar-refractivity contribution >= 4 is 0 Å². The van der Waals surface area contributed by atoms with Gasteiger partial charge in [0.05, 0.1) is 5.56 Å². The van der Waals surface area contributed by atoms with E-state index in [0.29, 0.717) is 17.7 Å². The fraction of sp³-hybridized carbons (Fsp3) is 0.455. The minimum Gasteiger partial charge on any atom is -0.486 e. The van der Waals surface area contributed by atoms with Crippen LogP contribution in [0.15, 0.2) is 12.1 Å². The summed E-state index contributed by atoms with van der Waals surface area (Å²) >= 11 is 0. The number of halogens is 2. The Kier molecular flexibility index (Phi) is 1.98. The molecule has 0 radical (unpaired) electrons. The molecule has 0 aromatic heterocycles. The zero-order chi connectivity index (χ0) is 10.3. The maximum atomic E-state index is 13.4. The second-order valence-electron chi connectivity index (χ2n) is 3.59. The smallest absolute Gasteiger partial charge is 0.310 e. The molecule has 76 valence electrons. The number of hydrogen-bond acceptors (Lipinski definition) is 1. The minimum atomic E-state index is -2.81. The molecule has 14 heavy (non-hydrogen) atoms. The normalized spacial score (nSPS) is 17.7. The predicted molar refractivity (Wildman–Crippen MR) is 49.9 cm³/mol. The molecular weight excluding hydrogens is 186 g/mol. The van der Waals surface area contributed by atoms with Gasteiger partial charge in [0.2, 0.25) is 0 Å². The lowest BCUT2D eigenvalue weighted by Crippen LogP contribution is -2.16. The van der Waals surface area contributed by atoms with Crippen LogP contribution in [0.5, 0.6) is 5.75 Å². The standard InChI is InChI=1S/C11H12F2O/c1-3-8-5-4-7(2)10-9(8)11(12,13)6-14-10/h4-5H,3,6H2,1-2H3. The van der Waals surface area contributed by atoms with Crippen molar-refractivity contribution in [2.45, 2.75) is 26.2 Å². The van der Waals surface area contributed by atoms with Crippen LogP contribution in [0.4, 0.5) is 8.78 Å². The van der Waals surface area contributed by atoms with Crippen molar-refractivity contribution in [2.75, 3.05) is 6.61 Å². The average Bonchev–Trinajstić information content (AvgIpc) is 2.45. The third-order valence-corrected chi connectivity index (χ3v) is 2.59. The van der Waals surface area contributed by atoms with Crippen molar-refractivity contribution in [1.82, 2.24) is 0 Å². The van der Waals surface area contributed by atoms with Crippen LogP contribution in [0.1, 0.15) is 23.6 Å². The van der Waals surface area contributed by atoms with Gasteiger partial charge >= 0.3 is 5.92 Å². The number of fused-ring (bicyclic) bond motifs is 1. The quantitative estimate of drug-likeness (QED) is 0.674. The monoisotopic (exact) mass is 198 g/mol. The summed E-state index contributed by atoms with van der Waals surface area (Å²) in [5.74, 6) is -2.43. The second-order valence-corrected chi connectivity index (χ2v) is 3.59. The first-order valence-corrected chi connectivity index (χ1v) is 4.70. The molecule has 1 aromatic carbocycles. The van der Waals surface area contributed by atoms with Gasteiger partial charge in [0.15, 0.2) is 6.61 Å². The Balaban J connectivity index is 2.66. The molecular formula is C11H12F2O. The van der Waals surface area contributed by atoms with Gasteiger partial charge in [0.25, 0.3) is 0 Å². The summed E-state index contributed by atoms with van der Waals surface area (Å²) in [6.07, 6.45) is 0.613. The summed E-state index contributed by atoms with van der Waals surface area (Å²) in [4.78, 5) is 0. The Labute approximate surface area is 81.7 Å². The van der Waals surface area contributed by atoms with Crippen molar-refractivity contribution < 1.29 is 13.5 Å². The highest BCUT2D eigenvalue weighted by Crippen LogP contribution is 2.45. The molecule has 0 bridgehead atoms. The molecule has 0 aliphatic carbocycles. The van der Waals surface area contributed by atoms with E-state index in [9.17, 15) is 8.78 Å². The molecule has 1 nitrogen and oxygen atoms in total. The van der Waals surface area contributed by atoms with E-state index in [4.69, 9.17) is 4.74 Å². The van der Waals surface area contributed by atoms with Gasteiger partial charge in [-0.15, -0.1) is 0 Å². The number of benzene rings is 1. The van der Waals surface area contributed by atoms with E-state index < -0.39 is 12.5 Å². The van der Waals surface area contributed by atoms with Gasteiger partial charge in [-0.1, -0.05) is 19.1 Å². The summed E-state index contributed by atoms with van der Waals surface area (Å²) < 4.78 is 31.9. The van der Waals surface area contributed by atoms with E-state index in [0.717, 1.165) is 5.56 Å². The maximum absolute atomic E-state index is 13.4. The van der Waals surface area contributed by atoms with Crippen LogP contribution in [0.3, 0.4) is 0 Å². The van der Waals surface area contributed by atoms with Gasteiger partial charge in [-0.3, -0.25) is 0 Å². The van der Waals surface area contributed by atoms with Crippen molar-refractivity contribution in [1.29, 1.82) is 0 Å². The molecule has 2 rings (SSSR count). The van der Waals surface area contributed by atoms with Crippen molar-refractivity contribution in [3.63, 3.8) is 0 Å². The highest BCUT2D eigenvalue weighted by molar-refractivity contribution is 5.51. The van der Waals surface area contributed by atoms with E-state index >= 15 is 0 Å². The zero-order valence-corrected chi connectivity index (χ0v) is 8.23. The summed E-state index contributed by atoms with van der Waals surface area (Å²) in [5.41, 5.74) is 1.57. The first-order valence-electron chi connectivity index (χ1n) is 4.70. The average molecular weight is 198 g/mol. The first-order chi connectivity index (χ1) is 6.56. The van der Waals surface area contributed by atoms with Gasteiger partial charge in [0, 0.05) is 0 Å². The highest BCUT2D eigenvalue weighted by atomic mass is 19.3. The molecule has 1 heterocycles. The van der Waals surface area contributed by atoms with Crippen LogP contribution in [0.25, 0.3) is 0 Å². The molecule has 0 N–H and O–H groups in total. The van der Waals surface area contributed by atoms with Gasteiger partial charge in [-0.05, 0) is 24.5 Å². The van der Waals surface area contributed by atoms with Crippen LogP contribution in [-0.2, 0) is 12.3 Å². The van der Waals surface area contributed by atoms with Crippen molar-refractivity contribution in [2.24, 2.45) is 0 Å². The third-order valence-electron chi connectivity index (χ3n) is 2.59. The molecule has 0 amide bonds. The van der Waals surface area contributed by atoms with Crippen molar-refractivity contribution in [3.8, 4) is 5.75 Å². The van der Waals surface area contributed by atoms with Crippen LogP contribution < -0.4 is 4.74 Å². The molecule has 1 aromatic rings. The molecule has 0 fully saturated rings. The van der Waals surface area contributed by atoms with E-state index in [-0.39, 0.29) is 5.56 Å². The van der Waals surface area contributed by atoms with Crippen LogP contribution in [0.2, 0.25) is 0 Å². The lowest BCUT2D eigenvalue weighted by molar-refractivity contribution is -0.0219. The van der Waals surface area contributed by atoms with Gasteiger partial charge in [-0.2, -0.15) is 8.78 Å². The van der Waals surface area contributed by atoms with E-state index in [2.05, 4.69) is 0 Å². The Bertz CT molecular complexity index is 372. The zero-order valence-electron chi connectivity index (χ0n) is 8.23. The SMILES string of the molecule is CCc1ccc(C)c2c1C(F)(F)CO2. The lowest BCUT2D eigenvalue weighted by atomic mass is 9.98. The molecule has 0 spiro atoms. The fourth-order valence-corrected chi connectivity index (χ4v) is 1.84. The maximum Gasteiger partial charge on any atom is 0.310 e. The second kappa shape index (κ2) is 2.94. The van der Waals surface area contributed by atoms with Gasteiger partial charge in [-0.25, -0.2) is 0 Å². The molecule has 0 atom stereocenters. The Morgan fingerprint density at radius 3 is 2.79 bits per heavy atom. The number of rotatable bonds is 1. The van der Waals surface area contributed by atoms with Crippen LogP contribution >= 0.6 is 0 Å². The van der Waals surface area contributed by atoms with Crippen LogP contribution in [0, 0.1) is 6.92 Å². The van der Waals surface area contributed by atoms with E-state index in [1.54, 1.807) is 13.0 Å². The third kappa shape index (κ3) is 1.19. The largest absolute Gasteiger partial charge is 0.486 e. The summed E-state index contributed by atoms with van der Waals surface area (Å²) in [7, 11) is 0. The number of hydrogen-bond donors (Lipinski definition) is 0. The van der Waals surface area contributed by atoms with Crippen molar-refractivity contribution in [3.05, 3.63) is 28.8 Å². The van der Waals surface area contributed by atoms with E-state index in [1.807, 2.05) is 13.0 Å². The van der Waals surface area contributed by atoms with Crippen LogP contribution in [-0.4, -0.2) is 6.61 Å². The van der Waals surface area contributed by atoms with Gasteiger partial charge in [0.1, 0.15) is 5.75 Å². The summed E-state index contributed by atoms with van der Waals surface area (Å²) in [5, 5.41) is 0. The van der Waals surface area contributed by atoms with Gasteiger partial charge < -0.3 is 4.74 Å². The molecule has 0 saturated heterocycles. The Morgan fingerprint density at radius 1 is 1.43 bits per heavy atom. The molecule has 0 unspecified atom stereocenters. The summed E-state index contributed by atoms with van der Waals surface area (Å²) in [6, 6.07) is 3.59. The lowest BCUT2D eigenvalue weighted by Gasteiger charge is -2.11. The molecule has 1 aliphatic rings. The number of aryl methyl sites for hydroxylation is 2. The Hall–Kier alpha value is -1.12. The Morgan fingerprint density at radius 2 is 2.14 bits per heavy atom. The highest BCUT2D eigenvalue weighted by Gasteiger charge is 2.43. The number of ether oxygens (including phenoxy) is 1. The molecule has 0 saturated carbocycles. The predicted octanol–water partition coefficient (Wildman–Crippen LogP) is 3.04. The number of alkyl halides is 2. The fourth-order valence-electron chi connectivity index (χ4n) is 1.84.